The lowest BCUT2D eigenvalue weighted by atomic mass is 10.1. The molecule has 0 aliphatic carbocycles. The number of nitrogens with zero attached hydrogens (tertiary/aromatic N) is 2. The van der Waals surface area contributed by atoms with Crippen LogP contribution in [0.15, 0.2) is 42.9 Å². The lowest BCUT2D eigenvalue weighted by molar-refractivity contribution is -0.115. The molecule has 20 heavy (non-hydrogen) atoms. The normalized spacial score (nSPS) is 10.7. The Balaban J connectivity index is 1.77. The maximum absolute atomic E-state index is 12.0. The van der Waals surface area contributed by atoms with Gasteiger partial charge < -0.3 is 5.32 Å². The monoisotopic (exact) mass is 286 g/mol. The molecule has 6 heteroatoms. The molecule has 0 aliphatic rings. The number of halogens is 1. The first-order chi connectivity index (χ1) is 9.72. The van der Waals surface area contributed by atoms with Gasteiger partial charge >= 0.3 is 0 Å². The second-order valence-electron chi connectivity index (χ2n) is 4.38. The van der Waals surface area contributed by atoms with Gasteiger partial charge in [0.25, 0.3) is 0 Å². The summed E-state index contributed by atoms with van der Waals surface area (Å²) in [6, 6.07) is 7.23. The van der Waals surface area contributed by atoms with Gasteiger partial charge in [-0.25, -0.2) is 0 Å². The highest BCUT2D eigenvalue weighted by Crippen LogP contribution is 2.19. The van der Waals surface area contributed by atoms with Gasteiger partial charge in [-0.2, -0.15) is 5.10 Å². The van der Waals surface area contributed by atoms with Crippen molar-refractivity contribution in [2.75, 3.05) is 5.32 Å². The number of aromatic nitrogens is 3. The summed E-state index contributed by atoms with van der Waals surface area (Å²) in [4.78, 5) is 16.1. The Morgan fingerprint density at radius 1 is 1.30 bits per heavy atom. The molecule has 1 aromatic carbocycles. The zero-order chi connectivity index (χ0) is 13.9. The Bertz CT molecular complexity index is 768. The molecule has 3 aromatic rings. The molecule has 3 rings (SSSR count). The number of amides is 1. The molecule has 0 saturated heterocycles. The molecule has 2 aromatic heterocycles. The third-order valence-electron chi connectivity index (χ3n) is 2.88. The summed E-state index contributed by atoms with van der Waals surface area (Å²) in [7, 11) is 0. The van der Waals surface area contributed by atoms with Crippen LogP contribution in [-0.2, 0) is 11.2 Å². The molecule has 0 spiro atoms. The molecular weight excluding hydrogens is 276 g/mol. The van der Waals surface area contributed by atoms with Gasteiger partial charge in [-0.3, -0.25) is 14.9 Å². The molecule has 5 nitrogen and oxygen atoms in total. The van der Waals surface area contributed by atoms with E-state index in [1.165, 1.54) is 0 Å². The van der Waals surface area contributed by atoms with Crippen LogP contribution in [0.3, 0.4) is 0 Å². The average molecular weight is 287 g/mol. The fourth-order valence-electron chi connectivity index (χ4n) is 1.99. The lowest BCUT2D eigenvalue weighted by Gasteiger charge is -2.06. The topological polar surface area (TPSA) is 70.7 Å². The molecule has 0 radical (unpaired) electrons. The van der Waals surface area contributed by atoms with E-state index >= 15 is 0 Å². The van der Waals surface area contributed by atoms with Crippen LogP contribution in [0.1, 0.15) is 5.56 Å². The van der Waals surface area contributed by atoms with Crippen molar-refractivity contribution in [3.8, 4) is 0 Å². The number of fused-ring (bicyclic) bond motifs is 1. The van der Waals surface area contributed by atoms with Gasteiger partial charge in [0.2, 0.25) is 5.91 Å². The number of nitrogens with one attached hydrogen (secondary N) is 2. The van der Waals surface area contributed by atoms with Crippen LogP contribution in [-0.4, -0.2) is 21.1 Å². The average Bonchev–Trinajstić information content (AvgIpc) is 2.88. The smallest absolute Gasteiger partial charge is 0.228 e. The number of benzene rings is 1. The number of carbonyl (C=O) groups excluding carboxylic acids is 1. The molecule has 1 amide bonds. The highest BCUT2D eigenvalue weighted by molar-refractivity contribution is 6.30. The van der Waals surface area contributed by atoms with Crippen LogP contribution in [0.5, 0.6) is 0 Å². The summed E-state index contributed by atoms with van der Waals surface area (Å²) in [5.41, 5.74) is 2.24. The molecule has 100 valence electrons. The molecule has 2 N–H and O–H groups in total. The Kier molecular flexibility index (Phi) is 3.35. The summed E-state index contributed by atoms with van der Waals surface area (Å²) < 4.78 is 0. The molecule has 0 unspecified atom stereocenters. The van der Waals surface area contributed by atoms with Crippen LogP contribution in [0.25, 0.3) is 10.9 Å². The van der Waals surface area contributed by atoms with Crippen molar-refractivity contribution in [3.63, 3.8) is 0 Å². The second-order valence-corrected chi connectivity index (χ2v) is 4.81. The number of carbonyl (C=O) groups is 1. The largest absolute Gasteiger partial charge is 0.323 e. The number of anilines is 1. The second kappa shape index (κ2) is 5.30. The predicted octanol–water partition coefficient (Wildman–Crippen LogP) is 2.79. The van der Waals surface area contributed by atoms with Gasteiger partial charge in [0.15, 0.2) is 0 Å². The molecule has 0 saturated carbocycles. The zero-order valence-corrected chi connectivity index (χ0v) is 11.2. The molecular formula is C14H11ClN4O. The molecule has 0 atom stereocenters. The Labute approximate surface area is 120 Å². The number of rotatable bonds is 3. The molecule has 2 heterocycles. The van der Waals surface area contributed by atoms with Gasteiger partial charge in [0.1, 0.15) is 0 Å². The van der Waals surface area contributed by atoms with E-state index in [9.17, 15) is 4.79 Å². The number of H-pyrrole nitrogens is 1. The quantitative estimate of drug-likeness (QED) is 0.778. The van der Waals surface area contributed by atoms with Crippen molar-refractivity contribution in [2.24, 2.45) is 0 Å². The van der Waals surface area contributed by atoms with E-state index in [2.05, 4.69) is 20.5 Å². The third kappa shape index (κ3) is 2.62. The van der Waals surface area contributed by atoms with Crippen LogP contribution < -0.4 is 5.32 Å². The highest BCUT2D eigenvalue weighted by Gasteiger charge is 2.08. The van der Waals surface area contributed by atoms with Crippen LogP contribution in [0.4, 0.5) is 5.69 Å². The molecule has 0 bridgehead atoms. The first kappa shape index (κ1) is 12.6. The highest BCUT2D eigenvalue weighted by atomic mass is 35.5. The van der Waals surface area contributed by atoms with Gasteiger partial charge in [-0.05, 0) is 17.7 Å². The van der Waals surface area contributed by atoms with Gasteiger partial charge in [0, 0.05) is 16.6 Å². The van der Waals surface area contributed by atoms with E-state index in [4.69, 9.17) is 11.6 Å². The van der Waals surface area contributed by atoms with E-state index in [0.29, 0.717) is 10.7 Å². The first-order valence-electron chi connectivity index (χ1n) is 6.04. The van der Waals surface area contributed by atoms with Gasteiger partial charge in [-0.1, -0.05) is 23.7 Å². The van der Waals surface area contributed by atoms with Crippen molar-refractivity contribution >= 4 is 34.1 Å². The van der Waals surface area contributed by atoms with Crippen molar-refractivity contribution in [1.82, 2.24) is 15.2 Å². The maximum atomic E-state index is 12.0. The maximum Gasteiger partial charge on any atom is 0.228 e. The summed E-state index contributed by atoms with van der Waals surface area (Å²) in [6.07, 6.45) is 5.20. The fourth-order valence-corrected chi connectivity index (χ4v) is 2.20. The minimum atomic E-state index is -0.129. The summed E-state index contributed by atoms with van der Waals surface area (Å²) in [6.45, 7) is 0. The van der Waals surface area contributed by atoms with Crippen LogP contribution >= 0.6 is 11.6 Å². The number of pyridine rings is 1. The summed E-state index contributed by atoms with van der Waals surface area (Å²) in [5, 5.41) is 11.1. The predicted molar refractivity (Wildman–Crippen MR) is 77.7 cm³/mol. The zero-order valence-electron chi connectivity index (χ0n) is 10.4. The summed E-state index contributed by atoms with van der Waals surface area (Å²) >= 11 is 5.90. The minimum Gasteiger partial charge on any atom is -0.323 e. The first-order valence-corrected chi connectivity index (χ1v) is 6.41. The van der Waals surface area contributed by atoms with Crippen LogP contribution in [0.2, 0.25) is 5.02 Å². The van der Waals surface area contributed by atoms with Crippen molar-refractivity contribution < 1.29 is 4.79 Å². The van der Waals surface area contributed by atoms with E-state index in [0.717, 1.165) is 16.5 Å². The minimum absolute atomic E-state index is 0.129. The molecule has 0 aliphatic heterocycles. The Morgan fingerprint density at radius 2 is 2.20 bits per heavy atom. The van der Waals surface area contributed by atoms with Gasteiger partial charge in [0.05, 0.1) is 30.0 Å². The van der Waals surface area contributed by atoms with E-state index in [1.54, 1.807) is 30.7 Å². The fraction of sp³-hybridized carbons (Fsp3) is 0.0714. The standard InChI is InChI=1S/C14H11ClN4O/c15-11-3-1-2-9(4-11)5-13(20)18-12-8-16-6-10-7-17-19-14(10)12/h1-4,6-8H,5H2,(H,17,19)(H,18,20). The van der Waals surface area contributed by atoms with Crippen molar-refractivity contribution in [2.45, 2.75) is 6.42 Å². The number of hydrogen-bond acceptors (Lipinski definition) is 3. The van der Waals surface area contributed by atoms with E-state index < -0.39 is 0 Å². The van der Waals surface area contributed by atoms with Gasteiger partial charge in [-0.15, -0.1) is 0 Å². The summed E-state index contributed by atoms with van der Waals surface area (Å²) in [5.74, 6) is -0.129. The Hall–Kier alpha value is -2.40. The van der Waals surface area contributed by atoms with Crippen molar-refractivity contribution in [1.29, 1.82) is 0 Å². The van der Waals surface area contributed by atoms with Crippen molar-refractivity contribution in [3.05, 3.63) is 53.4 Å². The van der Waals surface area contributed by atoms with E-state index in [1.807, 2.05) is 12.1 Å². The number of aromatic amines is 1. The molecule has 0 fully saturated rings. The SMILES string of the molecule is O=C(Cc1cccc(Cl)c1)Nc1cncc2cn[nH]c12. The third-order valence-corrected chi connectivity index (χ3v) is 3.12. The van der Waals surface area contributed by atoms with Crippen LogP contribution in [0, 0.1) is 0 Å². The lowest BCUT2D eigenvalue weighted by Crippen LogP contribution is -2.14. The Morgan fingerprint density at radius 3 is 3.05 bits per heavy atom. The van der Waals surface area contributed by atoms with E-state index in [-0.39, 0.29) is 12.3 Å². The number of hydrogen-bond donors (Lipinski definition) is 2.